The molecule has 3 rings (SSSR count). The summed E-state index contributed by atoms with van der Waals surface area (Å²) in [6.07, 6.45) is 4.17. The number of rotatable bonds is 6. The molecule has 1 aromatic carbocycles. The van der Waals surface area contributed by atoms with Crippen LogP contribution in [-0.2, 0) is 4.74 Å². The fourth-order valence-corrected chi connectivity index (χ4v) is 2.47. The topological polar surface area (TPSA) is 61.2 Å². The van der Waals surface area contributed by atoms with Crippen LogP contribution >= 0.6 is 0 Å². The number of hydrogen-bond donors (Lipinski definition) is 1. The molecule has 2 heterocycles. The van der Waals surface area contributed by atoms with Gasteiger partial charge in [0.1, 0.15) is 12.9 Å². The molecule has 1 aliphatic heterocycles. The van der Waals surface area contributed by atoms with Crippen LogP contribution in [-0.4, -0.2) is 47.2 Å². The maximum Gasteiger partial charge on any atom is 0.335 e. The Hall–Kier alpha value is -1.92. The van der Waals surface area contributed by atoms with Crippen LogP contribution in [0.3, 0.4) is 0 Å². The van der Waals surface area contributed by atoms with Gasteiger partial charge in [-0.15, -0.1) is 5.10 Å². The van der Waals surface area contributed by atoms with Crippen LogP contribution in [0.25, 0.3) is 5.69 Å². The minimum Gasteiger partial charge on any atom is -0.460 e. The number of nitrogens with one attached hydrogen (secondary N) is 1. The van der Waals surface area contributed by atoms with Crippen LogP contribution in [0.5, 0.6) is 6.01 Å². The lowest BCUT2D eigenvalue weighted by Crippen LogP contribution is -2.26. The molecule has 2 aromatic rings. The van der Waals surface area contributed by atoms with E-state index in [0.717, 1.165) is 25.1 Å². The first-order chi connectivity index (χ1) is 10.3. The Morgan fingerprint density at radius 1 is 1.29 bits per heavy atom. The van der Waals surface area contributed by atoms with E-state index in [0.29, 0.717) is 18.7 Å². The quantitative estimate of drug-likeness (QED) is 0.871. The highest BCUT2D eigenvalue weighted by atomic mass is 16.5. The number of benzene rings is 1. The maximum absolute atomic E-state index is 5.87. The minimum atomic E-state index is 0.132. The number of likely N-dealkylation sites (N-methyl/N-ethyl adjacent to an activating group) is 1. The lowest BCUT2D eigenvalue weighted by Gasteiger charge is -2.12. The van der Waals surface area contributed by atoms with Gasteiger partial charge in [-0.25, -0.2) is 4.68 Å². The zero-order valence-electron chi connectivity index (χ0n) is 12.1. The summed E-state index contributed by atoms with van der Waals surface area (Å²) in [6.45, 7) is 1.39. The number of hydrogen-bond acceptors (Lipinski definition) is 5. The van der Waals surface area contributed by atoms with Crippen LogP contribution in [0.4, 0.5) is 0 Å². The van der Waals surface area contributed by atoms with Crippen LogP contribution in [0.2, 0.25) is 0 Å². The summed E-state index contributed by atoms with van der Waals surface area (Å²) in [5.74, 6) is 0. The standard InChI is InChI=1S/C15H20N4O2/c1-16-9-13-7-8-14(21-13)10-20-15-17-11-19(18-15)12-5-3-2-4-6-12/h2-6,11,13-14,16H,7-10H2,1H3. The van der Waals surface area contributed by atoms with Gasteiger partial charge in [0.05, 0.1) is 17.9 Å². The van der Waals surface area contributed by atoms with Crippen molar-refractivity contribution in [2.24, 2.45) is 0 Å². The highest BCUT2D eigenvalue weighted by molar-refractivity contribution is 5.29. The summed E-state index contributed by atoms with van der Waals surface area (Å²) in [5, 5.41) is 7.44. The van der Waals surface area contributed by atoms with E-state index in [2.05, 4.69) is 15.4 Å². The van der Waals surface area contributed by atoms with E-state index in [4.69, 9.17) is 9.47 Å². The highest BCUT2D eigenvalue weighted by Crippen LogP contribution is 2.19. The van der Waals surface area contributed by atoms with Gasteiger partial charge in [0, 0.05) is 6.54 Å². The third-order valence-corrected chi connectivity index (χ3v) is 3.52. The van der Waals surface area contributed by atoms with E-state index in [1.807, 2.05) is 37.4 Å². The van der Waals surface area contributed by atoms with Crippen LogP contribution in [0.1, 0.15) is 12.8 Å². The van der Waals surface area contributed by atoms with Gasteiger partial charge in [0.2, 0.25) is 0 Å². The van der Waals surface area contributed by atoms with Crippen molar-refractivity contribution in [3.63, 3.8) is 0 Å². The molecule has 0 radical (unpaired) electrons. The normalized spacial score (nSPS) is 21.6. The Morgan fingerprint density at radius 2 is 2.10 bits per heavy atom. The molecule has 6 nitrogen and oxygen atoms in total. The molecule has 1 fully saturated rings. The molecular weight excluding hydrogens is 268 g/mol. The SMILES string of the molecule is CNCC1CCC(COc2ncn(-c3ccccc3)n2)O1. The number of nitrogens with zero attached hydrogens (tertiary/aromatic N) is 3. The minimum absolute atomic E-state index is 0.132. The molecule has 2 unspecified atom stereocenters. The van der Waals surface area contributed by atoms with E-state index in [1.54, 1.807) is 11.0 Å². The van der Waals surface area contributed by atoms with Gasteiger partial charge in [0.15, 0.2) is 0 Å². The molecule has 112 valence electrons. The lowest BCUT2D eigenvalue weighted by molar-refractivity contribution is 0.0173. The second-order valence-electron chi connectivity index (χ2n) is 5.13. The number of ether oxygens (including phenoxy) is 2. The van der Waals surface area contributed by atoms with Gasteiger partial charge in [-0.05, 0) is 32.0 Å². The van der Waals surface area contributed by atoms with E-state index >= 15 is 0 Å². The molecular formula is C15H20N4O2. The predicted octanol–water partition coefficient (Wildman–Crippen LogP) is 1.41. The summed E-state index contributed by atoms with van der Waals surface area (Å²) in [4.78, 5) is 4.17. The molecule has 0 spiro atoms. The van der Waals surface area contributed by atoms with Gasteiger partial charge in [-0.2, -0.15) is 4.98 Å². The second kappa shape index (κ2) is 6.69. The van der Waals surface area contributed by atoms with Crippen LogP contribution in [0, 0.1) is 0 Å². The van der Waals surface area contributed by atoms with Crippen molar-refractivity contribution in [1.29, 1.82) is 0 Å². The van der Waals surface area contributed by atoms with Crippen molar-refractivity contribution < 1.29 is 9.47 Å². The third-order valence-electron chi connectivity index (χ3n) is 3.52. The summed E-state index contributed by atoms with van der Waals surface area (Å²) in [5.41, 5.74) is 0.964. The summed E-state index contributed by atoms with van der Waals surface area (Å²) in [7, 11) is 1.94. The Bertz CT molecular complexity index is 558. The van der Waals surface area contributed by atoms with E-state index in [9.17, 15) is 0 Å². The fourth-order valence-electron chi connectivity index (χ4n) is 2.47. The first-order valence-electron chi connectivity index (χ1n) is 7.25. The largest absolute Gasteiger partial charge is 0.460 e. The average molecular weight is 288 g/mol. The monoisotopic (exact) mass is 288 g/mol. The van der Waals surface area contributed by atoms with Crippen molar-refractivity contribution in [2.45, 2.75) is 25.0 Å². The van der Waals surface area contributed by atoms with Gasteiger partial charge >= 0.3 is 6.01 Å². The summed E-state index contributed by atoms with van der Waals surface area (Å²) >= 11 is 0. The number of aromatic nitrogens is 3. The fraction of sp³-hybridized carbons (Fsp3) is 0.467. The Morgan fingerprint density at radius 3 is 2.90 bits per heavy atom. The van der Waals surface area contributed by atoms with Gasteiger partial charge < -0.3 is 14.8 Å². The Balaban J connectivity index is 1.52. The molecule has 0 amide bonds. The van der Waals surface area contributed by atoms with Gasteiger partial charge in [-0.1, -0.05) is 18.2 Å². The summed E-state index contributed by atoms with van der Waals surface area (Å²) in [6, 6.07) is 10.2. The second-order valence-corrected chi connectivity index (χ2v) is 5.13. The first kappa shape index (κ1) is 14.0. The van der Waals surface area contributed by atoms with Gasteiger partial charge in [-0.3, -0.25) is 0 Å². The lowest BCUT2D eigenvalue weighted by atomic mass is 10.2. The first-order valence-corrected chi connectivity index (χ1v) is 7.25. The highest BCUT2D eigenvalue weighted by Gasteiger charge is 2.25. The van der Waals surface area contributed by atoms with Gasteiger partial charge in [0.25, 0.3) is 0 Å². The third kappa shape index (κ3) is 3.59. The molecule has 1 saturated heterocycles. The molecule has 1 N–H and O–H groups in total. The molecule has 1 aromatic heterocycles. The van der Waals surface area contributed by atoms with Crippen molar-refractivity contribution in [2.75, 3.05) is 20.2 Å². The van der Waals surface area contributed by atoms with E-state index in [1.165, 1.54) is 0 Å². The molecule has 2 atom stereocenters. The maximum atomic E-state index is 5.87. The van der Waals surface area contributed by atoms with Crippen LogP contribution in [0.15, 0.2) is 36.7 Å². The Labute approximate surface area is 124 Å². The average Bonchev–Trinajstić information content (AvgIpc) is 3.16. The van der Waals surface area contributed by atoms with Crippen molar-refractivity contribution in [1.82, 2.24) is 20.1 Å². The molecule has 0 bridgehead atoms. The smallest absolute Gasteiger partial charge is 0.335 e. The zero-order valence-corrected chi connectivity index (χ0v) is 12.1. The van der Waals surface area contributed by atoms with Crippen molar-refractivity contribution in [3.8, 4) is 11.7 Å². The number of para-hydroxylation sites is 1. The van der Waals surface area contributed by atoms with Crippen molar-refractivity contribution >= 4 is 0 Å². The van der Waals surface area contributed by atoms with Crippen LogP contribution < -0.4 is 10.1 Å². The molecule has 6 heteroatoms. The summed E-state index contributed by atoms with van der Waals surface area (Å²) < 4.78 is 13.2. The van der Waals surface area contributed by atoms with E-state index < -0.39 is 0 Å². The molecule has 21 heavy (non-hydrogen) atoms. The zero-order chi connectivity index (χ0) is 14.5. The molecule has 1 aliphatic rings. The Kier molecular flexibility index (Phi) is 4.47. The van der Waals surface area contributed by atoms with Crippen molar-refractivity contribution in [3.05, 3.63) is 36.7 Å². The van der Waals surface area contributed by atoms with E-state index in [-0.39, 0.29) is 6.10 Å². The molecule has 0 saturated carbocycles. The predicted molar refractivity (Wildman–Crippen MR) is 78.7 cm³/mol. The molecule has 0 aliphatic carbocycles.